The van der Waals surface area contributed by atoms with Gasteiger partial charge in [-0.1, -0.05) is 43.3 Å². The summed E-state index contributed by atoms with van der Waals surface area (Å²) in [5.41, 5.74) is 1.82. The van der Waals surface area contributed by atoms with Crippen molar-refractivity contribution in [1.82, 2.24) is 4.90 Å². The van der Waals surface area contributed by atoms with Crippen molar-refractivity contribution in [3.63, 3.8) is 0 Å². The summed E-state index contributed by atoms with van der Waals surface area (Å²) in [7, 11) is 1.35. The molecule has 1 aliphatic rings. The van der Waals surface area contributed by atoms with Gasteiger partial charge in [-0.05, 0) is 29.3 Å². The summed E-state index contributed by atoms with van der Waals surface area (Å²) < 4.78 is 15.5. The number of amides is 1. The fourth-order valence-electron chi connectivity index (χ4n) is 2.94. The largest absolute Gasteiger partial charge is 0.469 e. The fourth-order valence-corrected chi connectivity index (χ4v) is 2.94. The Morgan fingerprint density at radius 3 is 2.64 bits per heavy atom. The van der Waals surface area contributed by atoms with Crippen LogP contribution in [-0.2, 0) is 20.9 Å². The molecule has 0 saturated heterocycles. The summed E-state index contributed by atoms with van der Waals surface area (Å²) in [6.45, 7) is 2.53. The van der Waals surface area contributed by atoms with Crippen LogP contribution in [-0.4, -0.2) is 37.2 Å². The third kappa shape index (κ3) is 4.91. The van der Waals surface area contributed by atoms with E-state index < -0.39 is 5.92 Å². The van der Waals surface area contributed by atoms with Crippen LogP contribution < -0.4 is 9.47 Å². The number of carbonyl (C=O) groups excluding carboxylic acids is 2. The Balaban J connectivity index is 1.76. The summed E-state index contributed by atoms with van der Waals surface area (Å²) in [5.74, 6) is 0.375. The molecule has 0 bridgehead atoms. The van der Waals surface area contributed by atoms with Crippen LogP contribution in [0.1, 0.15) is 18.1 Å². The van der Waals surface area contributed by atoms with Crippen molar-refractivity contribution in [2.24, 2.45) is 5.92 Å². The van der Waals surface area contributed by atoms with Crippen molar-refractivity contribution in [2.75, 3.05) is 20.4 Å². The Kier molecular flexibility index (Phi) is 6.32. The molecule has 0 N–H and O–H groups in total. The molecule has 1 unspecified atom stereocenters. The predicted molar refractivity (Wildman–Crippen MR) is 105 cm³/mol. The second-order valence-corrected chi connectivity index (χ2v) is 6.57. The number of carbonyl (C=O) groups is 2. The minimum Gasteiger partial charge on any atom is -0.469 e. The number of esters is 1. The first kappa shape index (κ1) is 19.5. The van der Waals surface area contributed by atoms with E-state index in [1.54, 1.807) is 17.9 Å². The molecular formula is C22H23NO5. The first-order valence-corrected chi connectivity index (χ1v) is 9.05. The van der Waals surface area contributed by atoms with E-state index in [2.05, 4.69) is 0 Å². The van der Waals surface area contributed by atoms with Crippen LogP contribution in [0.25, 0.3) is 6.08 Å². The molecule has 146 valence electrons. The van der Waals surface area contributed by atoms with Gasteiger partial charge in [0, 0.05) is 19.2 Å². The van der Waals surface area contributed by atoms with Crippen molar-refractivity contribution in [2.45, 2.75) is 13.5 Å². The highest BCUT2D eigenvalue weighted by molar-refractivity contribution is 5.92. The zero-order valence-corrected chi connectivity index (χ0v) is 16.0. The minimum atomic E-state index is -0.437. The van der Waals surface area contributed by atoms with Crippen LogP contribution >= 0.6 is 0 Å². The third-order valence-corrected chi connectivity index (χ3v) is 4.44. The van der Waals surface area contributed by atoms with Crippen LogP contribution in [0, 0.1) is 5.92 Å². The quantitative estimate of drug-likeness (QED) is 0.544. The van der Waals surface area contributed by atoms with Gasteiger partial charge in [-0.25, -0.2) is 0 Å². The smallest absolute Gasteiger partial charge is 0.310 e. The highest BCUT2D eigenvalue weighted by Gasteiger charge is 2.22. The van der Waals surface area contributed by atoms with Gasteiger partial charge in [-0.15, -0.1) is 0 Å². The van der Waals surface area contributed by atoms with Crippen LogP contribution in [0.5, 0.6) is 11.5 Å². The summed E-state index contributed by atoms with van der Waals surface area (Å²) in [5, 5.41) is 0. The Morgan fingerprint density at radius 2 is 1.89 bits per heavy atom. The third-order valence-electron chi connectivity index (χ3n) is 4.44. The average molecular weight is 381 g/mol. The van der Waals surface area contributed by atoms with E-state index >= 15 is 0 Å². The molecule has 6 heteroatoms. The lowest BCUT2D eigenvalue weighted by atomic mass is 10.1. The van der Waals surface area contributed by atoms with Crippen molar-refractivity contribution >= 4 is 18.0 Å². The topological polar surface area (TPSA) is 65.1 Å². The normalized spacial score (nSPS) is 13.4. The maximum absolute atomic E-state index is 12.8. The highest BCUT2D eigenvalue weighted by atomic mass is 16.7. The summed E-state index contributed by atoms with van der Waals surface area (Å²) in [6.07, 6.45) is 3.28. The second-order valence-electron chi connectivity index (χ2n) is 6.57. The number of hydrogen-bond acceptors (Lipinski definition) is 5. The van der Waals surface area contributed by atoms with Gasteiger partial charge in [-0.3, -0.25) is 9.59 Å². The number of rotatable bonds is 7. The van der Waals surface area contributed by atoms with E-state index in [0.29, 0.717) is 18.0 Å². The van der Waals surface area contributed by atoms with Gasteiger partial charge in [0.2, 0.25) is 12.7 Å². The monoisotopic (exact) mass is 381 g/mol. The van der Waals surface area contributed by atoms with Crippen LogP contribution in [0.3, 0.4) is 0 Å². The van der Waals surface area contributed by atoms with E-state index in [-0.39, 0.29) is 25.2 Å². The fraction of sp³-hybridized carbons (Fsp3) is 0.273. The SMILES string of the molecule is COC(=O)C(C)CN(Cc1ccc2c(c1)OCO2)C(=O)/C=C/c1ccccc1. The van der Waals surface area contributed by atoms with Gasteiger partial charge >= 0.3 is 5.97 Å². The predicted octanol–water partition coefficient (Wildman–Crippen LogP) is 3.27. The Labute approximate surface area is 164 Å². The molecule has 0 aliphatic carbocycles. The van der Waals surface area contributed by atoms with E-state index in [9.17, 15) is 9.59 Å². The molecule has 28 heavy (non-hydrogen) atoms. The summed E-state index contributed by atoms with van der Waals surface area (Å²) in [6, 6.07) is 15.1. The Hall–Kier alpha value is -3.28. The van der Waals surface area contributed by atoms with Crippen molar-refractivity contribution in [3.05, 3.63) is 65.7 Å². The second kappa shape index (κ2) is 9.08. The molecule has 3 rings (SSSR count). The zero-order valence-electron chi connectivity index (χ0n) is 16.0. The molecule has 6 nitrogen and oxygen atoms in total. The molecule has 1 aliphatic heterocycles. The van der Waals surface area contributed by atoms with Gasteiger partial charge < -0.3 is 19.1 Å². The molecule has 2 aromatic rings. The number of nitrogens with zero attached hydrogens (tertiary/aromatic N) is 1. The highest BCUT2D eigenvalue weighted by Crippen LogP contribution is 2.32. The molecule has 0 fully saturated rings. The molecule has 2 aromatic carbocycles. The van der Waals surface area contributed by atoms with E-state index in [1.165, 1.54) is 13.2 Å². The van der Waals surface area contributed by atoms with Crippen molar-refractivity contribution < 1.29 is 23.8 Å². The summed E-state index contributed by atoms with van der Waals surface area (Å²) >= 11 is 0. The van der Waals surface area contributed by atoms with Gasteiger partial charge in [0.15, 0.2) is 11.5 Å². The molecule has 0 aromatic heterocycles. The average Bonchev–Trinajstić information content (AvgIpc) is 3.19. The number of benzene rings is 2. The van der Waals surface area contributed by atoms with Crippen LogP contribution in [0.15, 0.2) is 54.6 Å². The van der Waals surface area contributed by atoms with Crippen LogP contribution in [0.2, 0.25) is 0 Å². The van der Waals surface area contributed by atoms with Gasteiger partial charge in [-0.2, -0.15) is 0 Å². The first-order chi connectivity index (χ1) is 13.6. The van der Waals surface area contributed by atoms with E-state index in [4.69, 9.17) is 14.2 Å². The molecule has 0 spiro atoms. The maximum atomic E-state index is 12.8. The number of hydrogen-bond donors (Lipinski definition) is 0. The standard InChI is InChI=1S/C22H23NO5/c1-16(22(25)26-2)13-23(21(24)11-9-17-6-4-3-5-7-17)14-18-8-10-19-20(12-18)28-15-27-19/h3-12,16H,13-15H2,1-2H3/b11-9+. The molecule has 1 atom stereocenters. The van der Waals surface area contributed by atoms with Crippen LogP contribution in [0.4, 0.5) is 0 Å². The number of methoxy groups -OCH3 is 1. The lowest BCUT2D eigenvalue weighted by Gasteiger charge is -2.24. The van der Waals surface area contributed by atoms with E-state index in [1.807, 2.05) is 48.5 Å². The Morgan fingerprint density at radius 1 is 1.14 bits per heavy atom. The van der Waals surface area contributed by atoms with E-state index in [0.717, 1.165) is 11.1 Å². The summed E-state index contributed by atoms with van der Waals surface area (Å²) in [4.78, 5) is 26.3. The molecule has 0 radical (unpaired) electrons. The lowest BCUT2D eigenvalue weighted by molar-refractivity contribution is -0.146. The molecule has 1 amide bonds. The number of ether oxygens (including phenoxy) is 3. The first-order valence-electron chi connectivity index (χ1n) is 9.05. The number of fused-ring (bicyclic) bond motifs is 1. The van der Waals surface area contributed by atoms with Gasteiger partial charge in [0.1, 0.15) is 0 Å². The Bertz CT molecular complexity index is 862. The van der Waals surface area contributed by atoms with Gasteiger partial charge in [0.25, 0.3) is 0 Å². The molecule has 0 saturated carbocycles. The minimum absolute atomic E-state index is 0.183. The van der Waals surface area contributed by atoms with Crippen molar-refractivity contribution in [1.29, 1.82) is 0 Å². The molecule has 1 heterocycles. The lowest BCUT2D eigenvalue weighted by Crippen LogP contribution is -2.35. The maximum Gasteiger partial charge on any atom is 0.310 e. The van der Waals surface area contributed by atoms with Gasteiger partial charge in [0.05, 0.1) is 13.0 Å². The zero-order chi connectivity index (χ0) is 19.9. The van der Waals surface area contributed by atoms with Crippen molar-refractivity contribution in [3.8, 4) is 11.5 Å². The molecular weight excluding hydrogens is 358 g/mol.